The van der Waals surface area contributed by atoms with Crippen molar-refractivity contribution in [3.05, 3.63) is 17.8 Å². The van der Waals surface area contributed by atoms with Crippen LogP contribution in [-0.2, 0) is 4.74 Å². The Morgan fingerprint density at radius 3 is 2.40 bits per heavy atom. The van der Waals surface area contributed by atoms with Gasteiger partial charge in [0.2, 0.25) is 0 Å². The molecule has 0 spiro atoms. The van der Waals surface area contributed by atoms with E-state index >= 15 is 0 Å². The molecule has 0 bridgehead atoms. The van der Waals surface area contributed by atoms with Crippen molar-refractivity contribution in [3.63, 3.8) is 0 Å². The average Bonchev–Trinajstić information content (AvgIpc) is 2.24. The van der Waals surface area contributed by atoms with Gasteiger partial charge in [0.15, 0.2) is 0 Å². The summed E-state index contributed by atoms with van der Waals surface area (Å²) in [6, 6.07) is 1.52. The van der Waals surface area contributed by atoms with E-state index in [4.69, 9.17) is 15.6 Å². The third-order valence-electron chi connectivity index (χ3n) is 3.17. The Labute approximate surface area is 118 Å². The van der Waals surface area contributed by atoms with Crippen molar-refractivity contribution in [2.24, 2.45) is 0 Å². The lowest BCUT2D eigenvalue weighted by Crippen LogP contribution is -2.57. The Kier molecular flexibility index (Phi) is 3.37. The van der Waals surface area contributed by atoms with Gasteiger partial charge in [-0.25, -0.2) is 9.78 Å². The second-order valence-electron chi connectivity index (χ2n) is 6.41. The number of morpholine rings is 1. The first-order valence-corrected chi connectivity index (χ1v) is 6.54. The van der Waals surface area contributed by atoms with Gasteiger partial charge >= 0.3 is 5.97 Å². The van der Waals surface area contributed by atoms with Crippen molar-refractivity contribution in [2.45, 2.75) is 38.9 Å². The Balaban J connectivity index is 2.36. The van der Waals surface area contributed by atoms with Crippen LogP contribution < -0.4 is 10.6 Å². The van der Waals surface area contributed by atoms with Gasteiger partial charge in [0, 0.05) is 13.1 Å². The minimum atomic E-state index is -1.04. The highest BCUT2D eigenvalue weighted by atomic mass is 16.5. The molecule has 0 atom stereocenters. The number of rotatable bonds is 2. The second kappa shape index (κ2) is 4.63. The van der Waals surface area contributed by atoms with Crippen LogP contribution in [0.3, 0.4) is 0 Å². The number of carboxylic acid groups (broad SMARTS) is 1. The number of carbonyl (C=O) groups is 1. The fraction of sp³-hybridized carbons (Fsp3) is 0.571. The molecule has 2 heterocycles. The van der Waals surface area contributed by atoms with E-state index in [9.17, 15) is 4.79 Å². The topological polar surface area (TPSA) is 88.7 Å². The largest absolute Gasteiger partial charge is 0.478 e. The summed E-state index contributed by atoms with van der Waals surface area (Å²) in [6.07, 6.45) is 1.40. The van der Waals surface area contributed by atoms with Crippen LogP contribution >= 0.6 is 0 Å². The van der Waals surface area contributed by atoms with Gasteiger partial charge in [-0.05, 0) is 33.8 Å². The zero-order chi connectivity index (χ0) is 15.1. The average molecular weight is 279 g/mol. The van der Waals surface area contributed by atoms with E-state index < -0.39 is 5.97 Å². The smallest absolute Gasteiger partial charge is 0.337 e. The van der Waals surface area contributed by atoms with Crippen molar-refractivity contribution in [2.75, 3.05) is 23.7 Å². The summed E-state index contributed by atoms with van der Waals surface area (Å²) in [5, 5.41) is 9.14. The predicted molar refractivity (Wildman–Crippen MR) is 77.1 cm³/mol. The van der Waals surface area contributed by atoms with E-state index in [1.165, 1.54) is 12.3 Å². The maximum atomic E-state index is 11.2. The second-order valence-corrected chi connectivity index (χ2v) is 6.41. The predicted octanol–water partition coefficient (Wildman–Crippen LogP) is 1.76. The molecular weight excluding hydrogens is 258 g/mol. The van der Waals surface area contributed by atoms with Gasteiger partial charge in [-0.15, -0.1) is 0 Å². The van der Waals surface area contributed by atoms with Gasteiger partial charge in [0.1, 0.15) is 5.82 Å². The number of hydrogen-bond donors (Lipinski definition) is 2. The lowest BCUT2D eigenvalue weighted by Gasteiger charge is -2.47. The fourth-order valence-electron chi connectivity index (χ4n) is 2.76. The fourth-order valence-corrected chi connectivity index (χ4v) is 2.76. The third kappa shape index (κ3) is 3.01. The number of carboxylic acids is 1. The Morgan fingerprint density at radius 2 is 1.90 bits per heavy atom. The van der Waals surface area contributed by atoms with E-state index in [1.807, 2.05) is 32.6 Å². The number of ether oxygens (including phenoxy) is 1. The molecule has 1 aromatic heterocycles. The molecule has 110 valence electrons. The van der Waals surface area contributed by atoms with Crippen LogP contribution in [0, 0.1) is 0 Å². The number of nitrogen functional groups attached to an aromatic ring is 1. The van der Waals surface area contributed by atoms with E-state index in [1.54, 1.807) is 0 Å². The van der Waals surface area contributed by atoms with E-state index in [2.05, 4.69) is 4.98 Å². The minimum absolute atomic E-state index is 0.0807. The molecule has 20 heavy (non-hydrogen) atoms. The van der Waals surface area contributed by atoms with Gasteiger partial charge in [-0.3, -0.25) is 0 Å². The lowest BCUT2D eigenvalue weighted by molar-refractivity contribution is -0.133. The maximum Gasteiger partial charge on any atom is 0.337 e. The first kappa shape index (κ1) is 14.6. The van der Waals surface area contributed by atoms with Gasteiger partial charge < -0.3 is 20.5 Å². The van der Waals surface area contributed by atoms with E-state index in [0.29, 0.717) is 18.9 Å². The molecule has 0 amide bonds. The van der Waals surface area contributed by atoms with Crippen LogP contribution in [0.4, 0.5) is 11.5 Å². The number of nitrogens with zero attached hydrogens (tertiary/aromatic N) is 2. The molecule has 2 rings (SSSR count). The number of aromatic nitrogens is 1. The molecule has 0 saturated carbocycles. The first-order chi connectivity index (χ1) is 9.10. The standard InChI is InChI=1S/C14H21N3O3/c1-13(2)7-17(8-14(3,4)20-13)11-5-9(12(18)19)10(15)6-16-11/h5-6H,7-8,15H2,1-4H3,(H,18,19). The summed E-state index contributed by atoms with van der Waals surface area (Å²) < 4.78 is 6.00. The van der Waals surface area contributed by atoms with Crippen molar-refractivity contribution in [1.82, 2.24) is 4.98 Å². The van der Waals surface area contributed by atoms with Crippen LogP contribution in [0.1, 0.15) is 38.1 Å². The van der Waals surface area contributed by atoms with Crippen molar-refractivity contribution in [3.8, 4) is 0 Å². The van der Waals surface area contributed by atoms with Gasteiger partial charge in [0.25, 0.3) is 0 Å². The summed E-state index contributed by atoms with van der Waals surface area (Å²) in [4.78, 5) is 17.5. The molecule has 0 radical (unpaired) electrons. The quantitative estimate of drug-likeness (QED) is 0.857. The molecule has 0 unspecified atom stereocenters. The number of hydrogen-bond acceptors (Lipinski definition) is 5. The van der Waals surface area contributed by atoms with Crippen LogP contribution in [0.15, 0.2) is 12.3 Å². The molecule has 0 aromatic carbocycles. The normalized spacial score (nSPS) is 20.7. The van der Waals surface area contributed by atoms with E-state index in [-0.39, 0.29) is 22.5 Å². The molecule has 6 heteroatoms. The summed E-state index contributed by atoms with van der Waals surface area (Å²) >= 11 is 0. The molecule has 1 fully saturated rings. The highest BCUT2D eigenvalue weighted by Gasteiger charge is 2.38. The Hall–Kier alpha value is -1.82. The number of anilines is 2. The van der Waals surface area contributed by atoms with Crippen molar-refractivity contribution >= 4 is 17.5 Å². The van der Waals surface area contributed by atoms with Crippen LogP contribution in [0.5, 0.6) is 0 Å². The molecule has 3 N–H and O–H groups in total. The third-order valence-corrected chi connectivity index (χ3v) is 3.17. The summed E-state index contributed by atoms with van der Waals surface area (Å²) in [5.74, 6) is -0.432. The van der Waals surface area contributed by atoms with Gasteiger partial charge in [0.05, 0.1) is 28.6 Å². The summed E-state index contributed by atoms with van der Waals surface area (Å²) in [7, 11) is 0. The maximum absolute atomic E-state index is 11.2. The molecule has 1 aliphatic heterocycles. The van der Waals surface area contributed by atoms with Crippen molar-refractivity contribution in [1.29, 1.82) is 0 Å². The molecule has 1 aromatic rings. The minimum Gasteiger partial charge on any atom is -0.478 e. The molecule has 1 saturated heterocycles. The lowest BCUT2D eigenvalue weighted by atomic mass is 9.99. The monoisotopic (exact) mass is 279 g/mol. The molecule has 0 aliphatic carbocycles. The summed E-state index contributed by atoms with van der Waals surface area (Å²) in [6.45, 7) is 9.33. The highest BCUT2D eigenvalue weighted by Crippen LogP contribution is 2.31. The van der Waals surface area contributed by atoms with Gasteiger partial charge in [-0.2, -0.15) is 0 Å². The SMILES string of the molecule is CC1(C)CN(c2cc(C(=O)O)c(N)cn2)CC(C)(C)O1. The van der Waals surface area contributed by atoms with E-state index in [0.717, 1.165) is 0 Å². The Morgan fingerprint density at radius 1 is 1.35 bits per heavy atom. The van der Waals surface area contributed by atoms with Crippen LogP contribution in [0.25, 0.3) is 0 Å². The molecular formula is C14H21N3O3. The van der Waals surface area contributed by atoms with Crippen molar-refractivity contribution < 1.29 is 14.6 Å². The summed E-state index contributed by atoms with van der Waals surface area (Å²) in [5.41, 5.74) is 5.24. The highest BCUT2D eigenvalue weighted by molar-refractivity contribution is 5.94. The zero-order valence-corrected chi connectivity index (χ0v) is 12.3. The number of pyridine rings is 1. The van der Waals surface area contributed by atoms with Crippen LogP contribution in [0.2, 0.25) is 0 Å². The molecule has 6 nitrogen and oxygen atoms in total. The number of aromatic carboxylic acids is 1. The van der Waals surface area contributed by atoms with Gasteiger partial charge in [-0.1, -0.05) is 0 Å². The van der Waals surface area contributed by atoms with Crippen LogP contribution in [-0.4, -0.2) is 40.4 Å². The molecule has 1 aliphatic rings. The Bertz CT molecular complexity index is 524. The first-order valence-electron chi connectivity index (χ1n) is 6.54. The zero-order valence-electron chi connectivity index (χ0n) is 12.3. The number of nitrogens with two attached hydrogens (primary N) is 1.